The van der Waals surface area contributed by atoms with E-state index >= 15 is 0 Å². The average Bonchev–Trinajstić information content (AvgIpc) is 3.11. The second kappa shape index (κ2) is 7.92. The third-order valence-corrected chi connectivity index (χ3v) is 6.22. The molecule has 28 heavy (non-hydrogen) atoms. The molecule has 0 fully saturated rings. The quantitative estimate of drug-likeness (QED) is 0.505. The predicted octanol–water partition coefficient (Wildman–Crippen LogP) is 2.34. The lowest BCUT2D eigenvalue weighted by molar-refractivity contribution is 0.0998. The number of para-hydroxylation sites is 1. The van der Waals surface area contributed by atoms with Crippen LogP contribution in [-0.2, 0) is 10.0 Å². The van der Waals surface area contributed by atoms with Crippen molar-refractivity contribution in [2.75, 3.05) is 10.0 Å². The van der Waals surface area contributed by atoms with Gasteiger partial charge in [0.05, 0.1) is 11.3 Å². The van der Waals surface area contributed by atoms with E-state index < -0.39 is 26.2 Å². The number of anilines is 2. The van der Waals surface area contributed by atoms with Crippen LogP contribution < -0.4 is 15.8 Å². The third kappa shape index (κ3) is 4.44. The number of sulfonamides is 1. The molecule has 144 valence electrons. The minimum absolute atomic E-state index is 0.00635. The molecule has 2 amide bonds. The Kier molecular flexibility index (Phi) is 5.58. The molecule has 0 aliphatic carbocycles. The van der Waals surface area contributed by atoms with Crippen molar-refractivity contribution in [1.82, 2.24) is 10.2 Å². The maximum Gasteiger partial charge on any atom is 0.291 e. The van der Waals surface area contributed by atoms with Gasteiger partial charge in [0, 0.05) is 10.6 Å². The third-order valence-electron chi connectivity index (χ3n) is 3.40. The van der Waals surface area contributed by atoms with Crippen molar-refractivity contribution in [2.24, 2.45) is 5.73 Å². The lowest BCUT2D eigenvalue weighted by Gasteiger charge is -2.08. The number of primary amides is 1. The van der Waals surface area contributed by atoms with Crippen LogP contribution in [0.5, 0.6) is 0 Å². The van der Waals surface area contributed by atoms with Crippen molar-refractivity contribution < 1.29 is 18.0 Å². The summed E-state index contributed by atoms with van der Waals surface area (Å²) < 4.78 is 26.9. The van der Waals surface area contributed by atoms with Gasteiger partial charge in [-0.25, -0.2) is 0 Å². The van der Waals surface area contributed by atoms with Crippen molar-refractivity contribution in [3.05, 3.63) is 64.7 Å². The summed E-state index contributed by atoms with van der Waals surface area (Å²) >= 11 is 6.43. The smallest absolute Gasteiger partial charge is 0.291 e. The van der Waals surface area contributed by atoms with Crippen molar-refractivity contribution in [1.29, 1.82) is 0 Å². The molecule has 3 aromatic rings. The van der Waals surface area contributed by atoms with Crippen molar-refractivity contribution in [3.8, 4) is 0 Å². The van der Waals surface area contributed by atoms with E-state index in [9.17, 15) is 18.0 Å². The Morgan fingerprint density at radius 1 is 1.04 bits per heavy atom. The molecular weight excluding hydrogens is 426 g/mol. The van der Waals surface area contributed by atoms with Crippen LogP contribution in [-0.4, -0.2) is 30.4 Å². The van der Waals surface area contributed by atoms with Crippen molar-refractivity contribution in [3.63, 3.8) is 0 Å². The predicted molar refractivity (Wildman–Crippen MR) is 105 cm³/mol. The van der Waals surface area contributed by atoms with E-state index in [-0.39, 0.29) is 16.4 Å². The minimum Gasteiger partial charge on any atom is -0.366 e. The van der Waals surface area contributed by atoms with E-state index in [2.05, 4.69) is 20.2 Å². The molecule has 3 rings (SSSR count). The molecule has 0 aliphatic heterocycles. The maximum atomic E-state index is 12.5. The van der Waals surface area contributed by atoms with Crippen LogP contribution in [0.25, 0.3) is 0 Å². The molecule has 0 bridgehead atoms. The van der Waals surface area contributed by atoms with E-state index in [0.717, 1.165) is 0 Å². The zero-order chi connectivity index (χ0) is 20.3. The molecule has 9 nitrogen and oxygen atoms in total. The van der Waals surface area contributed by atoms with E-state index in [1.165, 1.54) is 24.3 Å². The normalized spacial score (nSPS) is 11.0. The molecule has 0 aliphatic rings. The zero-order valence-electron chi connectivity index (χ0n) is 13.9. The number of carbonyl (C=O) groups excluding carboxylic acids is 2. The van der Waals surface area contributed by atoms with Crippen LogP contribution in [0.2, 0.25) is 5.02 Å². The second-order valence-electron chi connectivity index (χ2n) is 5.35. The number of rotatable bonds is 6. The number of halogens is 1. The first-order valence-corrected chi connectivity index (χ1v) is 10.3. The lowest BCUT2D eigenvalue weighted by Crippen LogP contribution is -2.18. The first kappa shape index (κ1) is 19.7. The van der Waals surface area contributed by atoms with Gasteiger partial charge < -0.3 is 5.73 Å². The highest BCUT2D eigenvalue weighted by atomic mass is 35.5. The average molecular weight is 438 g/mol. The summed E-state index contributed by atoms with van der Waals surface area (Å²) in [7, 11) is -4.14. The van der Waals surface area contributed by atoms with Gasteiger partial charge in [0.1, 0.15) is 0 Å². The largest absolute Gasteiger partial charge is 0.366 e. The Balaban J connectivity index is 1.78. The molecule has 2 aromatic carbocycles. The van der Waals surface area contributed by atoms with E-state index in [0.29, 0.717) is 21.9 Å². The number of carbonyl (C=O) groups is 2. The van der Waals surface area contributed by atoms with Gasteiger partial charge in [0.2, 0.25) is 5.13 Å². The number of nitrogens with two attached hydrogens (primary N) is 1. The highest BCUT2D eigenvalue weighted by molar-refractivity contribution is 7.94. The summed E-state index contributed by atoms with van der Waals surface area (Å²) in [6.45, 7) is 0. The molecule has 0 unspecified atom stereocenters. The van der Waals surface area contributed by atoms with Gasteiger partial charge in [-0.1, -0.05) is 35.1 Å². The van der Waals surface area contributed by atoms with E-state index in [1.807, 2.05) is 0 Å². The van der Waals surface area contributed by atoms with Crippen LogP contribution >= 0.6 is 22.9 Å². The van der Waals surface area contributed by atoms with Crippen LogP contribution in [0.15, 0.2) is 52.9 Å². The minimum atomic E-state index is -4.14. The summed E-state index contributed by atoms with van der Waals surface area (Å²) in [5.74, 6) is -1.28. The summed E-state index contributed by atoms with van der Waals surface area (Å²) in [5, 5.41) is 10.2. The summed E-state index contributed by atoms with van der Waals surface area (Å²) in [5.41, 5.74) is 5.58. The lowest BCUT2D eigenvalue weighted by atomic mass is 10.2. The Morgan fingerprint density at radius 2 is 1.71 bits per heavy atom. The monoisotopic (exact) mass is 437 g/mol. The Hall–Kier alpha value is -3.02. The molecule has 0 saturated carbocycles. The molecule has 1 heterocycles. The molecule has 0 spiro atoms. The summed E-state index contributed by atoms with van der Waals surface area (Å²) in [6.07, 6.45) is 0. The molecule has 1 aromatic heterocycles. The summed E-state index contributed by atoms with van der Waals surface area (Å²) in [6, 6.07) is 12.0. The molecule has 4 N–H and O–H groups in total. The number of nitrogens with zero attached hydrogens (tertiary/aromatic N) is 2. The molecular formula is C16H12ClN5O4S2. The van der Waals surface area contributed by atoms with Gasteiger partial charge in [-0.05, 0) is 36.4 Å². The Bertz CT molecular complexity index is 1150. The Morgan fingerprint density at radius 3 is 2.39 bits per heavy atom. The van der Waals surface area contributed by atoms with Crippen molar-refractivity contribution >= 4 is 55.6 Å². The highest BCUT2D eigenvalue weighted by Gasteiger charge is 2.23. The zero-order valence-corrected chi connectivity index (χ0v) is 16.3. The fourth-order valence-electron chi connectivity index (χ4n) is 2.11. The SMILES string of the molecule is NC(=O)c1ccccc1NS(=O)(=O)c1nnc(NC(=O)c2ccc(Cl)cc2)s1. The van der Waals surface area contributed by atoms with Gasteiger partial charge in [0.15, 0.2) is 0 Å². The van der Waals surface area contributed by atoms with Crippen LogP contribution in [0.1, 0.15) is 20.7 Å². The maximum absolute atomic E-state index is 12.5. The number of benzene rings is 2. The number of nitrogens with one attached hydrogen (secondary N) is 2. The van der Waals surface area contributed by atoms with Crippen LogP contribution in [0, 0.1) is 0 Å². The number of hydrogen-bond acceptors (Lipinski definition) is 7. The molecule has 0 radical (unpaired) electrons. The van der Waals surface area contributed by atoms with Gasteiger partial charge in [-0.2, -0.15) is 8.42 Å². The van der Waals surface area contributed by atoms with Crippen LogP contribution in [0.4, 0.5) is 10.8 Å². The van der Waals surface area contributed by atoms with Crippen molar-refractivity contribution in [2.45, 2.75) is 4.34 Å². The first-order chi connectivity index (χ1) is 13.3. The van der Waals surface area contributed by atoms with E-state index in [4.69, 9.17) is 17.3 Å². The summed E-state index contributed by atoms with van der Waals surface area (Å²) in [4.78, 5) is 23.6. The number of hydrogen-bond donors (Lipinski definition) is 3. The fraction of sp³-hybridized carbons (Fsp3) is 0. The fourth-order valence-corrected chi connectivity index (χ4v) is 4.22. The standard InChI is InChI=1S/C16H12ClN5O4S2/c17-10-7-5-9(6-8-10)14(24)19-15-20-21-16(27-15)28(25,26)22-12-4-2-1-3-11(12)13(18)23/h1-8,22H,(H2,18,23)(H,19,20,24). The van der Waals surface area contributed by atoms with Gasteiger partial charge in [-0.3, -0.25) is 19.6 Å². The highest BCUT2D eigenvalue weighted by Crippen LogP contribution is 2.24. The van der Waals surface area contributed by atoms with Gasteiger partial charge >= 0.3 is 0 Å². The van der Waals surface area contributed by atoms with Gasteiger partial charge in [-0.15, -0.1) is 10.2 Å². The molecule has 12 heteroatoms. The Labute approximate surface area is 168 Å². The topological polar surface area (TPSA) is 144 Å². The van der Waals surface area contributed by atoms with Crippen LogP contribution in [0.3, 0.4) is 0 Å². The molecule has 0 atom stereocenters. The van der Waals surface area contributed by atoms with Gasteiger partial charge in [0.25, 0.3) is 26.2 Å². The number of aromatic nitrogens is 2. The number of amides is 2. The molecule has 0 saturated heterocycles. The van der Waals surface area contributed by atoms with E-state index in [1.54, 1.807) is 24.3 Å². The second-order valence-corrected chi connectivity index (χ2v) is 8.62. The first-order valence-electron chi connectivity index (χ1n) is 7.58.